The van der Waals surface area contributed by atoms with Crippen LogP contribution in [0.15, 0.2) is 45.5 Å². The van der Waals surface area contributed by atoms with Crippen molar-refractivity contribution < 1.29 is 8.91 Å². The van der Waals surface area contributed by atoms with Gasteiger partial charge in [-0.25, -0.2) is 9.37 Å². The predicted molar refractivity (Wildman–Crippen MR) is 75.0 cm³/mol. The number of benzene rings is 1. The van der Waals surface area contributed by atoms with Gasteiger partial charge in [-0.05, 0) is 30.3 Å². The third-order valence-electron chi connectivity index (χ3n) is 2.60. The standard InChI is InChI=1S/C13H8BrFN4O/c14-10-3-1-7(15)5-9(10)12-18-13(20-19-12)11-4-2-8(16)6-17-11/h1-6H,16H2. The van der Waals surface area contributed by atoms with Crippen LogP contribution in [0, 0.1) is 5.82 Å². The predicted octanol–water partition coefficient (Wildman–Crippen LogP) is 3.28. The number of nitrogens with zero attached hydrogens (tertiary/aromatic N) is 3. The summed E-state index contributed by atoms with van der Waals surface area (Å²) in [6.07, 6.45) is 1.50. The molecule has 0 amide bonds. The van der Waals surface area contributed by atoms with E-state index in [4.69, 9.17) is 10.3 Å². The fourth-order valence-electron chi connectivity index (χ4n) is 1.64. The Morgan fingerprint density at radius 3 is 2.80 bits per heavy atom. The van der Waals surface area contributed by atoms with Gasteiger partial charge in [0.1, 0.15) is 11.5 Å². The van der Waals surface area contributed by atoms with Gasteiger partial charge in [0, 0.05) is 10.0 Å². The summed E-state index contributed by atoms with van der Waals surface area (Å²) in [4.78, 5) is 8.29. The van der Waals surface area contributed by atoms with E-state index in [1.165, 1.54) is 18.3 Å². The van der Waals surface area contributed by atoms with Crippen LogP contribution in [0.1, 0.15) is 0 Å². The van der Waals surface area contributed by atoms with Crippen LogP contribution in [-0.4, -0.2) is 15.1 Å². The maximum atomic E-state index is 13.3. The van der Waals surface area contributed by atoms with Gasteiger partial charge in [-0.2, -0.15) is 4.98 Å². The maximum absolute atomic E-state index is 13.3. The molecule has 7 heteroatoms. The minimum atomic E-state index is -0.375. The van der Waals surface area contributed by atoms with Crippen LogP contribution in [0.3, 0.4) is 0 Å². The first-order chi connectivity index (χ1) is 9.63. The van der Waals surface area contributed by atoms with Crippen LogP contribution in [0.4, 0.5) is 10.1 Å². The van der Waals surface area contributed by atoms with Crippen LogP contribution in [0.5, 0.6) is 0 Å². The number of hydrogen-bond acceptors (Lipinski definition) is 5. The lowest BCUT2D eigenvalue weighted by Crippen LogP contribution is -1.88. The maximum Gasteiger partial charge on any atom is 0.276 e. The van der Waals surface area contributed by atoms with E-state index in [9.17, 15) is 4.39 Å². The fourth-order valence-corrected chi connectivity index (χ4v) is 2.06. The molecule has 1 aromatic carbocycles. The zero-order valence-electron chi connectivity index (χ0n) is 10.0. The fraction of sp³-hybridized carbons (Fsp3) is 0. The summed E-state index contributed by atoms with van der Waals surface area (Å²) in [6, 6.07) is 7.62. The third kappa shape index (κ3) is 2.39. The Morgan fingerprint density at radius 1 is 1.20 bits per heavy atom. The Balaban J connectivity index is 2.01. The van der Waals surface area contributed by atoms with E-state index in [0.29, 0.717) is 21.4 Å². The molecule has 0 aliphatic carbocycles. The average molecular weight is 335 g/mol. The second kappa shape index (κ2) is 5.01. The van der Waals surface area contributed by atoms with E-state index in [1.807, 2.05) is 0 Å². The first-order valence-corrected chi connectivity index (χ1v) is 6.44. The number of nitrogens with two attached hydrogens (primary N) is 1. The van der Waals surface area contributed by atoms with E-state index < -0.39 is 0 Å². The first-order valence-electron chi connectivity index (χ1n) is 5.64. The van der Waals surface area contributed by atoms with Crippen molar-refractivity contribution in [1.29, 1.82) is 0 Å². The molecule has 0 bridgehead atoms. The molecule has 5 nitrogen and oxygen atoms in total. The van der Waals surface area contributed by atoms with Gasteiger partial charge in [0.15, 0.2) is 0 Å². The van der Waals surface area contributed by atoms with Crippen LogP contribution in [0.2, 0.25) is 0 Å². The molecule has 100 valence electrons. The molecule has 0 aliphatic rings. The molecule has 2 aromatic heterocycles. The Kier molecular flexibility index (Phi) is 3.19. The second-order valence-electron chi connectivity index (χ2n) is 4.02. The molecule has 0 unspecified atom stereocenters. The van der Waals surface area contributed by atoms with Gasteiger partial charge in [0.05, 0.1) is 11.9 Å². The van der Waals surface area contributed by atoms with Gasteiger partial charge in [0.25, 0.3) is 5.89 Å². The van der Waals surface area contributed by atoms with Crippen LogP contribution < -0.4 is 5.73 Å². The van der Waals surface area contributed by atoms with E-state index in [-0.39, 0.29) is 17.5 Å². The average Bonchev–Trinajstić information content (AvgIpc) is 2.92. The minimum Gasteiger partial charge on any atom is -0.397 e. The van der Waals surface area contributed by atoms with Crippen molar-refractivity contribution in [3.05, 3.63) is 46.8 Å². The SMILES string of the molecule is Nc1ccc(-c2nc(-c3cc(F)ccc3Br)no2)nc1. The quantitative estimate of drug-likeness (QED) is 0.778. The molecule has 0 spiro atoms. The molecule has 0 saturated heterocycles. The molecule has 0 fully saturated rings. The van der Waals surface area contributed by atoms with Gasteiger partial charge in [-0.15, -0.1) is 0 Å². The molecule has 2 heterocycles. The molecular formula is C13H8BrFN4O. The second-order valence-corrected chi connectivity index (χ2v) is 4.88. The van der Waals surface area contributed by atoms with Gasteiger partial charge < -0.3 is 10.3 Å². The topological polar surface area (TPSA) is 77.8 Å². The van der Waals surface area contributed by atoms with Gasteiger partial charge in [-0.1, -0.05) is 21.1 Å². The van der Waals surface area contributed by atoms with Crippen molar-refractivity contribution in [3.8, 4) is 23.0 Å². The van der Waals surface area contributed by atoms with Crippen molar-refractivity contribution >= 4 is 21.6 Å². The van der Waals surface area contributed by atoms with Crippen LogP contribution in [0.25, 0.3) is 23.0 Å². The van der Waals surface area contributed by atoms with E-state index in [0.717, 1.165) is 0 Å². The number of aromatic nitrogens is 3. The van der Waals surface area contributed by atoms with Crippen molar-refractivity contribution in [3.63, 3.8) is 0 Å². The van der Waals surface area contributed by atoms with Crippen molar-refractivity contribution in [2.45, 2.75) is 0 Å². The van der Waals surface area contributed by atoms with E-state index in [2.05, 4.69) is 31.1 Å². The molecule has 0 atom stereocenters. The molecule has 3 rings (SSSR count). The normalized spacial score (nSPS) is 10.7. The molecule has 3 aromatic rings. The highest BCUT2D eigenvalue weighted by molar-refractivity contribution is 9.10. The summed E-state index contributed by atoms with van der Waals surface area (Å²) >= 11 is 3.32. The molecule has 0 aliphatic heterocycles. The van der Waals surface area contributed by atoms with Crippen molar-refractivity contribution in [2.24, 2.45) is 0 Å². The molecule has 0 radical (unpaired) electrons. The number of rotatable bonds is 2. The van der Waals surface area contributed by atoms with Crippen molar-refractivity contribution in [2.75, 3.05) is 5.73 Å². The zero-order chi connectivity index (χ0) is 14.1. The monoisotopic (exact) mass is 334 g/mol. The largest absolute Gasteiger partial charge is 0.397 e. The number of hydrogen-bond donors (Lipinski definition) is 1. The Morgan fingerprint density at radius 2 is 2.05 bits per heavy atom. The number of nitrogen functional groups attached to an aromatic ring is 1. The lowest BCUT2D eigenvalue weighted by molar-refractivity contribution is 0.431. The summed E-state index contributed by atoms with van der Waals surface area (Å²) in [7, 11) is 0. The number of anilines is 1. The lowest BCUT2D eigenvalue weighted by atomic mass is 10.2. The molecular weight excluding hydrogens is 327 g/mol. The summed E-state index contributed by atoms with van der Waals surface area (Å²) in [5, 5.41) is 3.83. The highest BCUT2D eigenvalue weighted by atomic mass is 79.9. The minimum absolute atomic E-state index is 0.246. The summed E-state index contributed by atoms with van der Waals surface area (Å²) in [6.45, 7) is 0. The van der Waals surface area contributed by atoms with E-state index in [1.54, 1.807) is 18.2 Å². The van der Waals surface area contributed by atoms with Crippen LogP contribution >= 0.6 is 15.9 Å². The third-order valence-corrected chi connectivity index (χ3v) is 3.29. The Labute approximate surface area is 121 Å². The Hall–Kier alpha value is -2.28. The molecule has 2 N–H and O–H groups in total. The molecule has 20 heavy (non-hydrogen) atoms. The van der Waals surface area contributed by atoms with E-state index >= 15 is 0 Å². The first kappa shape index (κ1) is 12.7. The van der Waals surface area contributed by atoms with Crippen molar-refractivity contribution in [1.82, 2.24) is 15.1 Å². The van der Waals surface area contributed by atoms with Gasteiger partial charge in [0.2, 0.25) is 5.82 Å². The van der Waals surface area contributed by atoms with Crippen LogP contribution in [-0.2, 0) is 0 Å². The summed E-state index contributed by atoms with van der Waals surface area (Å²) < 4.78 is 19.1. The zero-order valence-corrected chi connectivity index (χ0v) is 11.6. The molecule has 0 saturated carbocycles. The van der Waals surface area contributed by atoms with Gasteiger partial charge in [-0.3, -0.25) is 0 Å². The van der Waals surface area contributed by atoms with Gasteiger partial charge >= 0.3 is 0 Å². The number of pyridine rings is 1. The smallest absolute Gasteiger partial charge is 0.276 e. The lowest BCUT2D eigenvalue weighted by Gasteiger charge is -1.98. The summed E-state index contributed by atoms with van der Waals surface area (Å²) in [5.41, 5.74) is 7.12. The number of halogens is 2. The highest BCUT2D eigenvalue weighted by Gasteiger charge is 2.14. The Bertz CT molecular complexity index is 757. The summed E-state index contributed by atoms with van der Waals surface area (Å²) in [5.74, 6) is 0.154. The highest BCUT2D eigenvalue weighted by Crippen LogP contribution is 2.28.